The van der Waals surface area contributed by atoms with Gasteiger partial charge in [-0.15, -0.1) is 0 Å². The van der Waals surface area contributed by atoms with E-state index >= 15 is 0 Å². The minimum Gasteiger partial charge on any atom is -0.269 e. The van der Waals surface area contributed by atoms with E-state index in [0.717, 1.165) is 15.7 Å². The zero-order valence-electron chi connectivity index (χ0n) is 12.1. The minimum atomic E-state index is -0.0932. The Bertz CT molecular complexity index is 962. The van der Waals surface area contributed by atoms with Crippen molar-refractivity contribution in [1.82, 2.24) is 9.38 Å². The van der Waals surface area contributed by atoms with Crippen molar-refractivity contribution in [2.75, 3.05) is 0 Å². The Morgan fingerprint density at radius 3 is 2.87 bits per heavy atom. The maximum Gasteiger partial charge on any atom is 0.258 e. The molecule has 0 amide bonds. The van der Waals surface area contributed by atoms with Gasteiger partial charge in [0.1, 0.15) is 5.65 Å². The molecule has 2 aromatic heterocycles. The number of benzene rings is 1. The van der Waals surface area contributed by atoms with Gasteiger partial charge in [-0.25, -0.2) is 4.98 Å². The van der Waals surface area contributed by atoms with Crippen LogP contribution in [0, 0.1) is 11.3 Å². The fourth-order valence-corrected chi connectivity index (χ4v) is 3.49. The Balaban J connectivity index is 1.76. The zero-order chi connectivity index (χ0) is 16.2. The predicted octanol–water partition coefficient (Wildman–Crippen LogP) is 3.76. The summed E-state index contributed by atoms with van der Waals surface area (Å²) in [6, 6.07) is 15.0. The molecule has 0 aliphatic carbocycles. The van der Waals surface area contributed by atoms with Crippen LogP contribution in [0.15, 0.2) is 57.9 Å². The number of hydrogen-bond donors (Lipinski definition) is 0. The van der Waals surface area contributed by atoms with E-state index in [-0.39, 0.29) is 5.56 Å². The van der Waals surface area contributed by atoms with E-state index in [1.807, 2.05) is 36.4 Å². The number of aromatic nitrogens is 2. The summed E-state index contributed by atoms with van der Waals surface area (Å²) in [7, 11) is 0. The van der Waals surface area contributed by atoms with Gasteiger partial charge in [0.05, 0.1) is 17.3 Å². The third kappa shape index (κ3) is 3.63. The third-order valence-corrected chi connectivity index (χ3v) is 4.81. The standard InChI is InChI=1S/C17H12BrN3OS/c18-14-5-6-16-20-15(7-17(22)21(16)9-14)11-23-10-13-4-2-1-3-12(13)8-19/h1-7,9H,10-11H2. The van der Waals surface area contributed by atoms with Crippen LogP contribution in [-0.4, -0.2) is 9.38 Å². The van der Waals surface area contributed by atoms with Crippen LogP contribution in [-0.2, 0) is 11.5 Å². The van der Waals surface area contributed by atoms with Crippen molar-refractivity contribution in [2.45, 2.75) is 11.5 Å². The number of pyridine rings is 1. The van der Waals surface area contributed by atoms with Crippen LogP contribution in [0.3, 0.4) is 0 Å². The summed E-state index contributed by atoms with van der Waals surface area (Å²) >= 11 is 4.99. The highest BCUT2D eigenvalue weighted by atomic mass is 79.9. The molecule has 6 heteroatoms. The Kier molecular flexibility index (Phi) is 4.79. The summed E-state index contributed by atoms with van der Waals surface area (Å²) in [5.74, 6) is 1.34. The molecule has 0 saturated heterocycles. The van der Waals surface area contributed by atoms with Gasteiger partial charge in [-0.3, -0.25) is 9.20 Å². The molecule has 0 radical (unpaired) electrons. The second-order valence-corrected chi connectivity index (χ2v) is 6.82. The summed E-state index contributed by atoms with van der Waals surface area (Å²) in [5.41, 5.74) is 2.98. The SMILES string of the molecule is N#Cc1ccccc1CSCc1cc(=O)n2cc(Br)ccc2n1. The molecular weight excluding hydrogens is 374 g/mol. The minimum absolute atomic E-state index is 0.0932. The van der Waals surface area contributed by atoms with Crippen LogP contribution in [0.25, 0.3) is 5.65 Å². The van der Waals surface area contributed by atoms with Crippen LogP contribution in [0.1, 0.15) is 16.8 Å². The Morgan fingerprint density at radius 2 is 2.04 bits per heavy atom. The molecule has 3 aromatic rings. The van der Waals surface area contributed by atoms with E-state index in [1.54, 1.807) is 24.0 Å². The van der Waals surface area contributed by atoms with Crippen LogP contribution in [0.2, 0.25) is 0 Å². The maximum atomic E-state index is 12.1. The Morgan fingerprint density at radius 1 is 1.22 bits per heavy atom. The van der Waals surface area contributed by atoms with Crippen molar-refractivity contribution in [1.29, 1.82) is 5.26 Å². The number of hydrogen-bond acceptors (Lipinski definition) is 4. The monoisotopic (exact) mass is 385 g/mol. The molecule has 0 aliphatic heterocycles. The summed E-state index contributed by atoms with van der Waals surface area (Å²) in [5, 5.41) is 9.09. The van der Waals surface area contributed by atoms with E-state index in [9.17, 15) is 4.79 Å². The van der Waals surface area contributed by atoms with E-state index in [1.165, 1.54) is 4.40 Å². The van der Waals surface area contributed by atoms with Crippen LogP contribution in [0.4, 0.5) is 0 Å². The van der Waals surface area contributed by atoms with Gasteiger partial charge in [-0.05, 0) is 39.7 Å². The second-order valence-electron chi connectivity index (χ2n) is 4.92. The van der Waals surface area contributed by atoms with Gasteiger partial charge in [0.15, 0.2) is 0 Å². The molecule has 0 spiro atoms. The fourth-order valence-electron chi connectivity index (χ4n) is 2.22. The second kappa shape index (κ2) is 6.99. The highest BCUT2D eigenvalue weighted by Crippen LogP contribution is 2.19. The van der Waals surface area contributed by atoms with Crippen molar-refractivity contribution < 1.29 is 0 Å². The molecule has 114 valence electrons. The Hall–Kier alpha value is -2.10. The van der Waals surface area contributed by atoms with Gasteiger partial charge in [-0.2, -0.15) is 17.0 Å². The molecule has 2 heterocycles. The zero-order valence-corrected chi connectivity index (χ0v) is 14.5. The van der Waals surface area contributed by atoms with Gasteiger partial charge < -0.3 is 0 Å². The first-order valence-electron chi connectivity index (χ1n) is 6.91. The maximum absolute atomic E-state index is 12.1. The topological polar surface area (TPSA) is 58.2 Å². The molecule has 0 saturated carbocycles. The average molecular weight is 386 g/mol. The number of rotatable bonds is 4. The Labute approximate surface area is 145 Å². The number of thioether (sulfide) groups is 1. The van der Waals surface area contributed by atoms with Crippen molar-refractivity contribution >= 4 is 33.3 Å². The highest BCUT2D eigenvalue weighted by molar-refractivity contribution is 9.10. The highest BCUT2D eigenvalue weighted by Gasteiger charge is 2.05. The lowest BCUT2D eigenvalue weighted by Gasteiger charge is -2.06. The first kappa shape index (κ1) is 15.8. The average Bonchev–Trinajstić information content (AvgIpc) is 2.56. The van der Waals surface area contributed by atoms with Gasteiger partial charge in [-0.1, -0.05) is 18.2 Å². The molecule has 23 heavy (non-hydrogen) atoms. The van der Waals surface area contributed by atoms with E-state index in [0.29, 0.717) is 22.7 Å². The molecule has 3 rings (SSSR count). The quantitative estimate of drug-likeness (QED) is 0.685. The number of nitrogens with zero attached hydrogens (tertiary/aromatic N) is 3. The van der Waals surface area contributed by atoms with Crippen molar-refractivity contribution in [3.8, 4) is 6.07 Å². The molecule has 1 aromatic carbocycles. The lowest BCUT2D eigenvalue weighted by Crippen LogP contribution is -2.15. The molecule has 0 fully saturated rings. The molecule has 0 aliphatic rings. The predicted molar refractivity (Wildman–Crippen MR) is 95.3 cm³/mol. The first-order valence-corrected chi connectivity index (χ1v) is 8.86. The van der Waals surface area contributed by atoms with Crippen molar-refractivity contribution in [3.63, 3.8) is 0 Å². The lowest BCUT2D eigenvalue weighted by molar-refractivity contribution is 1.01. The van der Waals surface area contributed by atoms with Gasteiger partial charge >= 0.3 is 0 Å². The molecule has 0 atom stereocenters. The molecule has 0 bridgehead atoms. The molecule has 4 nitrogen and oxygen atoms in total. The van der Waals surface area contributed by atoms with E-state index in [2.05, 4.69) is 27.0 Å². The van der Waals surface area contributed by atoms with Crippen LogP contribution in [0.5, 0.6) is 0 Å². The summed E-state index contributed by atoms with van der Waals surface area (Å²) in [4.78, 5) is 16.6. The fraction of sp³-hybridized carbons (Fsp3) is 0.118. The largest absolute Gasteiger partial charge is 0.269 e. The summed E-state index contributed by atoms with van der Waals surface area (Å²) in [6.07, 6.45) is 1.71. The molecule has 0 unspecified atom stereocenters. The van der Waals surface area contributed by atoms with Gasteiger partial charge in [0.25, 0.3) is 5.56 Å². The van der Waals surface area contributed by atoms with Gasteiger partial charge in [0, 0.05) is 28.2 Å². The number of fused-ring (bicyclic) bond motifs is 1. The van der Waals surface area contributed by atoms with E-state index < -0.39 is 0 Å². The van der Waals surface area contributed by atoms with Crippen LogP contribution < -0.4 is 5.56 Å². The van der Waals surface area contributed by atoms with E-state index in [4.69, 9.17) is 5.26 Å². The van der Waals surface area contributed by atoms with Crippen molar-refractivity contribution in [3.05, 3.63) is 80.3 Å². The smallest absolute Gasteiger partial charge is 0.258 e. The summed E-state index contributed by atoms with van der Waals surface area (Å²) in [6.45, 7) is 0. The number of halogens is 1. The first-order chi connectivity index (χ1) is 11.2. The normalized spacial score (nSPS) is 10.6. The lowest BCUT2D eigenvalue weighted by atomic mass is 10.1. The third-order valence-electron chi connectivity index (χ3n) is 3.32. The van der Waals surface area contributed by atoms with Crippen LogP contribution >= 0.6 is 27.7 Å². The van der Waals surface area contributed by atoms with Gasteiger partial charge in [0.2, 0.25) is 0 Å². The molecular formula is C17H12BrN3OS. The summed E-state index contributed by atoms with van der Waals surface area (Å²) < 4.78 is 2.35. The molecule has 0 N–H and O–H groups in total. The van der Waals surface area contributed by atoms with Crippen molar-refractivity contribution in [2.24, 2.45) is 0 Å². The number of nitriles is 1.